The van der Waals surface area contributed by atoms with Crippen LogP contribution in [-0.2, 0) is 9.53 Å². The zero-order valence-electron chi connectivity index (χ0n) is 12.5. The van der Waals surface area contributed by atoms with Gasteiger partial charge in [0, 0.05) is 0 Å². The minimum Gasteiger partial charge on any atom is -0.467 e. The van der Waals surface area contributed by atoms with E-state index in [4.69, 9.17) is 0 Å². The first-order valence-electron chi connectivity index (χ1n) is 6.56. The maximum Gasteiger partial charge on any atom is 0.338 e. The Morgan fingerprint density at radius 1 is 1.25 bits per heavy atom. The predicted molar refractivity (Wildman–Crippen MR) is 84.9 cm³/mol. The number of allylic oxidation sites excluding steroid dienone is 2. The average molecular weight is 290 g/mol. The molecule has 0 saturated heterocycles. The Bertz CT molecular complexity index is 498. The molecule has 0 bridgehead atoms. The maximum absolute atomic E-state index is 11.3. The molecule has 1 aromatic rings. The van der Waals surface area contributed by atoms with Gasteiger partial charge < -0.3 is 9.84 Å². The van der Waals surface area contributed by atoms with Gasteiger partial charge in [0.25, 0.3) is 0 Å². The molecule has 0 aliphatic rings. The summed E-state index contributed by atoms with van der Waals surface area (Å²) in [5.41, 5.74) is 1.09. The number of aliphatic hydroxyl groups excluding tert-OH is 1. The summed E-state index contributed by atoms with van der Waals surface area (Å²) in [4.78, 5) is 11.3. The molecule has 20 heavy (non-hydrogen) atoms. The molecule has 0 amide bonds. The van der Waals surface area contributed by atoms with Crippen molar-refractivity contribution in [3.05, 3.63) is 53.2 Å². The molecule has 1 atom stereocenters. The number of aliphatic hydroxyl groups is 1. The number of carbonyl (C=O) groups excluding carboxylic acids is 1. The van der Waals surface area contributed by atoms with Crippen molar-refractivity contribution in [2.24, 2.45) is 0 Å². The summed E-state index contributed by atoms with van der Waals surface area (Å²) in [5, 5.41) is 10.8. The second-order valence-electron chi connectivity index (χ2n) is 5.58. The highest BCUT2D eigenvalue weighted by Crippen LogP contribution is 2.18. The van der Waals surface area contributed by atoms with E-state index >= 15 is 0 Å². The maximum atomic E-state index is 11.3. The third-order valence-corrected chi connectivity index (χ3v) is 4.97. The molecule has 1 unspecified atom stereocenters. The fourth-order valence-electron chi connectivity index (χ4n) is 1.66. The summed E-state index contributed by atoms with van der Waals surface area (Å²) >= 11 is 0. The van der Waals surface area contributed by atoms with Crippen LogP contribution in [0.5, 0.6) is 0 Å². The number of benzene rings is 1. The average Bonchev–Trinajstić information content (AvgIpc) is 2.42. The van der Waals surface area contributed by atoms with Crippen molar-refractivity contribution >= 4 is 20.1 Å². The first-order valence-corrected chi connectivity index (χ1v) is 10.1. The molecule has 0 spiro atoms. The van der Waals surface area contributed by atoms with Crippen LogP contribution in [-0.4, -0.2) is 32.4 Å². The number of methoxy groups -OCH3 is 1. The summed E-state index contributed by atoms with van der Waals surface area (Å²) in [6.07, 6.45) is 4.36. The fourth-order valence-corrected chi connectivity index (χ4v) is 2.91. The predicted octanol–water partition coefficient (Wildman–Crippen LogP) is 3.04. The Morgan fingerprint density at radius 3 is 2.35 bits per heavy atom. The molecule has 0 aliphatic carbocycles. The van der Waals surface area contributed by atoms with Crippen LogP contribution in [0.25, 0.3) is 6.08 Å². The molecule has 1 aromatic carbocycles. The third-order valence-electron chi connectivity index (χ3n) is 2.90. The van der Waals surface area contributed by atoms with E-state index in [1.165, 1.54) is 7.11 Å². The van der Waals surface area contributed by atoms with Crippen molar-refractivity contribution < 1.29 is 14.6 Å². The molecule has 4 heteroatoms. The molecule has 0 radical (unpaired) electrons. The minimum absolute atomic E-state index is 0.631. The van der Waals surface area contributed by atoms with Gasteiger partial charge in [-0.3, -0.25) is 0 Å². The SMILES string of the molecule is COC(=O)C(O)C=C(C=Cc1ccccc1)[Si](C)(C)C. The lowest BCUT2D eigenvalue weighted by molar-refractivity contribution is -0.147. The lowest BCUT2D eigenvalue weighted by Crippen LogP contribution is -2.27. The summed E-state index contributed by atoms with van der Waals surface area (Å²) < 4.78 is 4.55. The van der Waals surface area contributed by atoms with Gasteiger partial charge in [0.1, 0.15) is 0 Å². The highest BCUT2D eigenvalue weighted by molar-refractivity contribution is 6.83. The third kappa shape index (κ3) is 5.15. The van der Waals surface area contributed by atoms with E-state index in [-0.39, 0.29) is 0 Å². The van der Waals surface area contributed by atoms with Crippen molar-refractivity contribution in [3.63, 3.8) is 0 Å². The second-order valence-corrected chi connectivity index (χ2v) is 10.7. The van der Waals surface area contributed by atoms with Crippen LogP contribution in [0.4, 0.5) is 0 Å². The Hall–Kier alpha value is -1.65. The van der Waals surface area contributed by atoms with Crippen molar-refractivity contribution in [1.29, 1.82) is 0 Å². The number of ether oxygens (including phenoxy) is 1. The van der Waals surface area contributed by atoms with Crippen molar-refractivity contribution in [2.45, 2.75) is 25.7 Å². The minimum atomic E-state index is -1.66. The molecule has 108 valence electrons. The van der Waals surface area contributed by atoms with Crippen LogP contribution in [0.2, 0.25) is 19.6 Å². The number of rotatable bonds is 5. The molecule has 3 nitrogen and oxygen atoms in total. The molecule has 1 N–H and O–H groups in total. The lowest BCUT2D eigenvalue weighted by atomic mass is 10.2. The van der Waals surface area contributed by atoms with Gasteiger partial charge in [0.05, 0.1) is 15.2 Å². The van der Waals surface area contributed by atoms with Crippen LogP contribution in [0.1, 0.15) is 5.56 Å². The normalized spacial score (nSPS) is 14.3. The van der Waals surface area contributed by atoms with Crippen molar-refractivity contribution in [3.8, 4) is 0 Å². The van der Waals surface area contributed by atoms with Crippen molar-refractivity contribution in [1.82, 2.24) is 0 Å². The smallest absolute Gasteiger partial charge is 0.338 e. The van der Waals surface area contributed by atoms with Crippen LogP contribution >= 0.6 is 0 Å². The molecule has 0 heterocycles. The summed E-state index contributed by atoms with van der Waals surface area (Å²) in [6.45, 7) is 6.49. The largest absolute Gasteiger partial charge is 0.467 e. The Balaban J connectivity index is 3.00. The van der Waals surface area contributed by atoms with E-state index < -0.39 is 20.1 Å². The Labute approximate surface area is 121 Å². The van der Waals surface area contributed by atoms with E-state index in [0.717, 1.165) is 10.8 Å². The quantitative estimate of drug-likeness (QED) is 0.515. The topological polar surface area (TPSA) is 46.5 Å². The van der Waals surface area contributed by atoms with Crippen molar-refractivity contribution in [2.75, 3.05) is 7.11 Å². The monoisotopic (exact) mass is 290 g/mol. The van der Waals surface area contributed by atoms with Gasteiger partial charge in [-0.1, -0.05) is 67.3 Å². The number of esters is 1. The zero-order chi connectivity index (χ0) is 15.2. The molecule has 0 aliphatic heterocycles. The van der Waals surface area contributed by atoms with E-state index in [2.05, 4.69) is 24.4 Å². The zero-order valence-corrected chi connectivity index (χ0v) is 13.5. The lowest BCUT2D eigenvalue weighted by Gasteiger charge is -2.19. The standard InChI is InChI=1S/C16H22O3Si/c1-19-16(18)15(17)12-14(20(2,3)4)11-10-13-8-6-5-7-9-13/h5-12,15,17H,1-4H3. The van der Waals surface area contributed by atoms with Gasteiger partial charge in [-0.25, -0.2) is 4.79 Å². The molecular weight excluding hydrogens is 268 g/mol. The number of carbonyl (C=O) groups is 1. The summed E-state index contributed by atoms with van der Waals surface area (Å²) in [5.74, 6) is -0.631. The van der Waals surface area contributed by atoms with Gasteiger partial charge in [-0.15, -0.1) is 0 Å². The van der Waals surface area contributed by atoms with Crippen LogP contribution in [0, 0.1) is 0 Å². The molecular formula is C16H22O3Si. The summed E-state index contributed by atoms with van der Waals surface area (Å²) in [6, 6.07) is 9.93. The van der Waals surface area contributed by atoms with Crippen LogP contribution in [0.3, 0.4) is 0 Å². The van der Waals surface area contributed by atoms with Gasteiger partial charge in [0.15, 0.2) is 6.10 Å². The van der Waals surface area contributed by atoms with E-state index in [0.29, 0.717) is 0 Å². The van der Waals surface area contributed by atoms with E-state index in [1.54, 1.807) is 6.08 Å². The fraction of sp³-hybridized carbons (Fsp3) is 0.312. The first-order chi connectivity index (χ1) is 9.34. The molecule has 1 rings (SSSR count). The molecule has 0 saturated carbocycles. The highest BCUT2D eigenvalue weighted by atomic mass is 28.3. The van der Waals surface area contributed by atoms with Crippen LogP contribution < -0.4 is 0 Å². The van der Waals surface area contributed by atoms with E-state index in [9.17, 15) is 9.90 Å². The van der Waals surface area contributed by atoms with Gasteiger partial charge in [-0.2, -0.15) is 0 Å². The number of hydrogen-bond donors (Lipinski definition) is 1. The van der Waals surface area contributed by atoms with E-state index in [1.807, 2.05) is 42.5 Å². The van der Waals surface area contributed by atoms with Gasteiger partial charge in [0.2, 0.25) is 0 Å². The Morgan fingerprint density at radius 2 is 1.85 bits per heavy atom. The highest BCUT2D eigenvalue weighted by Gasteiger charge is 2.21. The van der Waals surface area contributed by atoms with Crippen LogP contribution in [0.15, 0.2) is 47.7 Å². The molecule has 0 aromatic heterocycles. The first kappa shape index (κ1) is 16.4. The second kappa shape index (κ2) is 7.22. The summed E-state index contributed by atoms with van der Waals surface area (Å²) in [7, 11) is -0.384. The number of hydrogen-bond acceptors (Lipinski definition) is 3. The van der Waals surface area contributed by atoms with Gasteiger partial charge >= 0.3 is 5.97 Å². The van der Waals surface area contributed by atoms with Gasteiger partial charge in [-0.05, 0) is 11.6 Å². The Kier molecular flexibility index (Phi) is 5.92. The molecule has 0 fully saturated rings.